The number of nitrogens with one attached hydrogen (secondary N) is 1. The quantitative estimate of drug-likeness (QED) is 0.866. The molecule has 4 nitrogen and oxygen atoms in total. The zero-order valence-corrected chi connectivity index (χ0v) is 12.9. The second-order valence-corrected chi connectivity index (χ2v) is 5.65. The maximum atomic E-state index is 12.6. The molecule has 1 saturated heterocycles. The van der Waals surface area contributed by atoms with E-state index >= 15 is 0 Å². The van der Waals surface area contributed by atoms with Gasteiger partial charge in [0.2, 0.25) is 0 Å². The number of carbonyl (C=O) groups is 1. The summed E-state index contributed by atoms with van der Waals surface area (Å²) >= 11 is 6.00. The van der Waals surface area contributed by atoms with E-state index in [1.54, 1.807) is 12.1 Å². The van der Waals surface area contributed by atoms with E-state index in [2.05, 4.69) is 17.2 Å². The monoisotopic (exact) mass is 295 g/mol. The van der Waals surface area contributed by atoms with E-state index < -0.39 is 0 Å². The fraction of sp³-hybridized carbons (Fsp3) is 0.600. The highest BCUT2D eigenvalue weighted by Crippen LogP contribution is 2.22. The van der Waals surface area contributed by atoms with Crippen molar-refractivity contribution in [3.05, 3.63) is 22.8 Å². The number of aromatic nitrogens is 1. The molecule has 0 radical (unpaired) electrons. The van der Waals surface area contributed by atoms with Crippen molar-refractivity contribution in [1.29, 1.82) is 0 Å². The van der Waals surface area contributed by atoms with Gasteiger partial charge in [-0.3, -0.25) is 4.79 Å². The minimum atomic E-state index is 0.0617. The van der Waals surface area contributed by atoms with Crippen LogP contribution in [0.2, 0.25) is 5.15 Å². The third-order valence-electron chi connectivity index (χ3n) is 3.78. The van der Waals surface area contributed by atoms with Gasteiger partial charge in [0.05, 0.1) is 0 Å². The molecule has 1 fully saturated rings. The molecule has 1 N–H and O–H groups in total. The normalized spacial score (nSPS) is 18.9. The van der Waals surface area contributed by atoms with Crippen LogP contribution in [0, 0.1) is 5.92 Å². The molecule has 1 aromatic heterocycles. The van der Waals surface area contributed by atoms with Gasteiger partial charge < -0.3 is 10.2 Å². The SMILES string of the molecule is CCNc1cc(C(=O)N2CCCC(CC)C2)cc(Cl)n1. The van der Waals surface area contributed by atoms with E-state index in [0.29, 0.717) is 22.5 Å². The van der Waals surface area contributed by atoms with Crippen molar-refractivity contribution in [2.24, 2.45) is 5.92 Å². The van der Waals surface area contributed by atoms with Gasteiger partial charge in [0, 0.05) is 25.2 Å². The first kappa shape index (κ1) is 15.1. The lowest BCUT2D eigenvalue weighted by molar-refractivity contribution is 0.0671. The van der Waals surface area contributed by atoms with Crippen molar-refractivity contribution in [1.82, 2.24) is 9.88 Å². The Morgan fingerprint density at radius 2 is 2.30 bits per heavy atom. The minimum Gasteiger partial charge on any atom is -0.370 e. The van der Waals surface area contributed by atoms with Gasteiger partial charge in [-0.1, -0.05) is 24.9 Å². The number of piperidine rings is 1. The average Bonchev–Trinajstić information content (AvgIpc) is 2.46. The van der Waals surface area contributed by atoms with E-state index in [-0.39, 0.29) is 5.91 Å². The molecular weight excluding hydrogens is 274 g/mol. The van der Waals surface area contributed by atoms with Crippen molar-refractivity contribution in [3.63, 3.8) is 0 Å². The first-order valence-corrected chi connectivity index (χ1v) is 7.72. The van der Waals surface area contributed by atoms with E-state index in [4.69, 9.17) is 11.6 Å². The molecule has 110 valence electrons. The lowest BCUT2D eigenvalue weighted by Gasteiger charge is -2.32. The second kappa shape index (κ2) is 6.93. The van der Waals surface area contributed by atoms with Crippen LogP contribution in [0.3, 0.4) is 0 Å². The summed E-state index contributed by atoms with van der Waals surface area (Å²) in [4.78, 5) is 18.7. The minimum absolute atomic E-state index is 0.0617. The molecule has 5 heteroatoms. The van der Waals surface area contributed by atoms with Crippen molar-refractivity contribution in [3.8, 4) is 0 Å². The van der Waals surface area contributed by atoms with Gasteiger partial charge in [0.15, 0.2) is 0 Å². The summed E-state index contributed by atoms with van der Waals surface area (Å²) in [7, 11) is 0. The van der Waals surface area contributed by atoms with Crippen molar-refractivity contribution >= 4 is 23.3 Å². The number of hydrogen-bond donors (Lipinski definition) is 1. The van der Waals surface area contributed by atoms with Crippen LogP contribution in [0.25, 0.3) is 0 Å². The Bertz CT molecular complexity index is 478. The third-order valence-corrected chi connectivity index (χ3v) is 3.98. The van der Waals surface area contributed by atoms with Crippen molar-refractivity contribution < 1.29 is 4.79 Å². The molecule has 1 unspecified atom stereocenters. The van der Waals surface area contributed by atoms with Gasteiger partial charge >= 0.3 is 0 Å². The summed E-state index contributed by atoms with van der Waals surface area (Å²) in [5.41, 5.74) is 0.623. The fourth-order valence-electron chi connectivity index (χ4n) is 2.66. The molecule has 1 aliphatic heterocycles. The number of carbonyl (C=O) groups excluding carboxylic acids is 1. The Hall–Kier alpha value is -1.29. The number of pyridine rings is 1. The van der Waals surface area contributed by atoms with E-state index in [0.717, 1.165) is 32.5 Å². The molecule has 20 heavy (non-hydrogen) atoms. The first-order valence-electron chi connectivity index (χ1n) is 7.34. The van der Waals surface area contributed by atoms with Crippen LogP contribution in [0.5, 0.6) is 0 Å². The average molecular weight is 296 g/mol. The Balaban J connectivity index is 2.15. The number of likely N-dealkylation sites (tertiary alicyclic amines) is 1. The first-order chi connectivity index (χ1) is 9.63. The predicted molar refractivity (Wildman–Crippen MR) is 82.3 cm³/mol. The summed E-state index contributed by atoms with van der Waals surface area (Å²) in [6.07, 6.45) is 3.44. The van der Waals surface area contributed by atoms with E-state index in [9.17, 15) is 4.79 Å². The van der Waals surface area contributed by atoms with Crippen LogP contribution in [-0.4, -0.2) is 35.4 Å². The third kappa shape index (κ3) is 3.63. The summed E-state index contributed by atoms with van der Waals surface area (Å²) in [5, 5.41) is 3.46. The van der Waals surface area contributed by atoms with Gasteiger partial charge in [-0.2, -0.15) is 0 Å². The lowest BCUT2D eigenvalue weighted by Crippen LogP contribution is -2.39. The highest BCUT2D eigenvalue weighted by molar-refractivity contribution is 6.29. The highest BCUT2D eigenvalue weighted by atomic mass is 35.5. The largest absolute Gasteiger partial charge is 0.370 e. The molecule has 0 saturated carbocycles. The molecule has 0 bridgehead atoms. The molecule has 1 aromatic rings. The number of amides is 1. The number of nitrogens with zero attached hydrogens (tertiary/aromatic N) is 2. The van der Waals surface area contributed by atoms with Crippen LogP contribution < -0.4 is 5.32 Å². The molecule has 1 atom stereocenters. The number of rotatable bonds is 4. The molecule has 0 spiro atoms. The zero-order chi connectivity index (χ0) is 14.5. The van der Waals surface area contributed by atoms with Crippen LogP contribution in [0.15, 0.2) is 12.1 Å². The lowest BCUT2D eigenvalue weighted by atomic mass is 9.95. The summed E-state index contributed by atoms with van der Waals surface area (Å²) in [6, 6.07) is 3.44. The summed E-state index contributed by atoms with van der Waals surface area (Å²) in [6.45, 7) is 6.62. The Morgan fingerprint density at radius 1 is 1.50 bits per heavy atom. The van der Waals surface area contributed by atoms with Crippen LogP contribution in [0.4, 0.5) is 5.82 Å². The van der Waals surface area contributed by atoms with Crippen molar-refractivity contribution in [2.45, 2.75) is 33.1 Å². The summed E-state index contributed by atoms with van der Waals surface area (Å²) in [5.74, 6) is 1.34. The molecule has 1 aliphatic rings. The molecule has 1 amide bonds. The Labute approximate surface area is 125 Å². The van der Waals surface area contributed by atoms with Gasteiger partial charge in [-0.15, -0.1) is 0 Å². The van der Waals surface area contributed by atoms with E-state index in [1.807, 2.05) is 11.8 Å². The molecular formula is C15H22ClN3O. The van der Waals surface area contributed by atoms with Crippen LogP contribution in [-0.2, 0) is 0 Å². The smallest absolute Gasteiger partial charge is 0.254 e. The molecule has 2 heterocycles. The highest BCUT2D eigenvalue weighted by Gasteiger charge is 2.24. The maximum absolute atomic E-state index is 12.6. The molecule has 2 rings (SSSR count). The number of halogens is 1. The summed E-state index contributed by atoms with van der Waals surface area (Å²) < 4.78 is 0. The second-order valence-electron chi connectivity index (χ2n) is 5.26. The van der Waals surface area contributed by atoms with Crippen LogP contribution in [0.1, 0.15) is 43.5 Å². The van der Waals surface area contributed by atoms with Crippen LogP contribution >= 0.6 is 11.6 Å². The molecule has 0 aliphatic carbocycles. The predicted octanol–water partition coefficient (Wildman–Crippen LogP) is 3.43. The Kier molecular flexibility index (Phi) is 5.24. The van der Waals surface area contributed by atoms with Gasteiger partial charge in [-0.05, 0) is 37.8 Å². The number of hydrogen-bond acceptors (Lipinski definition) is 3. The van der Waals surface area contributed by atoms with Crippen molar-refractivity contribution in [2.75, 3.05) is 25.0 Å². The Morgan fingerprint density at radius 3 is 3.00 bits per heavy atom. The standard InChI is InChI=1S/C15H22ClN3O/c1-3-11-6-5-7-19(10-11)15(20)12-8-13(16)18-14(9-12)17-4-2/h8-9,11H,3-7,10H2,1-2H3,(H,17,18). The van der Waals surface area contributed by atoms with Gasteiger partial charge in [0.1, 0.15) is 11.0 Å². The zero-order valence-electron chi connectivity index (χ0n) is 12.2. The van der Waals surface area contributed by atoms with Gasteiger partial charge in [-0.25, -0.2) is 4.98 Å². The maximum Gasteiger partial charge on any atom is 0.254 e. The fourth-order valence-corrected chi connectivity index (χ4v) is 2.87. The number of anilines is 1. The molecule has 0 aromatic carbocycles. The van der Waals surface area contributed by atoms with E-state index in [1.165, 1.54) is 6.42 Å². The topological polar surface area (TPSA) is 45.2 Å². The van der Waals surface area contributed by atoms with Gasteiger partial charge in [0.25, 0.3) is 5.91 Å².